The van der Waals surface area contributed by atoms with E-state index in [0.717, 1.165) is 161 Å². The van der Waals surface area contributed by atoms with Crippen molar-refractivity contribution >= 4 is 19.8 Å². The molecule has 0 bridgehead atoms. The van der Waals surface area contributed by atoms with Crippen LogP contribution >= 0.6 is 7.82 Å². The van der Waals surface area contributed by atoms with Gasteiger partial charge in [0.1, 0.15) is 19.8 Å². The molecule has 0 aliphatic heterocycles. The van der Waals surface area contributed by atoms with Crippen molar-refractivity contribution in [1.29, 1.82) is 0 Å². The molecule has 0 spiro atoms. The van der Waals surface area contributed by atoms with E-state index in [2.05, 4.69) is 245 Å². The first-order chi connectivity index (χ1) is 47.0. The molecule has 0 amide bonds. The minimum Gasteiger partial charge on any atom is -0.756 e. The Morgan fingerprint density at radius 2 is 0.562 bits per heavy atom. The second kappa shape index (κ2) is 73.3. The van der Waals surface area contributed by atoms with Crippen LogP contribution in [0.15, 0.2) is 231 Å². The second-order valence-electron chi connectivity index (χ2n) is 24.8. The van der Waals surface area contributed by atoms with E-state index in [9.17, 15) is 19.0 Å². The molecule has 0 aliphatic carbocycles. The summed E-state index contributed by atoms with van der Waals surface area (Å²) in [6.45, 7) is 3.93. The highest BCUT2D eigenvalue weighted by Gasteiger charge is 2.22. The molecule has 96 heavy (non-hydrogen) atoms. The Kier molecular flexibility index (Phi) is 68.8. The molecule has 0 fully saturated rings. The third-order valence-electron chi connectivity index (χ3n) is 14.7. The van der Waals surface area contributed by atoms with Crippen LogP contribution in [-0.2, 0) is 32.7 Å². The van der Waals surface area contributed by atoms with Crippen LogP contribution < -0.4 is 4.89 Å². The number of quaternary nitrogens is 1. The molecule has 0 aromatic carbocycles. The van der Waals surface area contributed by atoms with Crippen LogP contribution in [0.3, 0.4) is 0 Å². The maximum atomic E-state index is 12.9. The molecular weight excluding hydrogens is 1210 g/mol. The summed E-state index contributed by atoms with van der Waals surface area (Å²) in [7, 11) is 1.10. The summed E-state index contributed by atoms with van der Waals surface area (Å²) >= 11 is 0. The summed E-state index contributed by atoms with van der Waals surface area (Å²) < 4.78 is 34.3. The Hall–Kier alpha value is -5.93. The minimum absolute atomic E-state index is 0.0527. The lowest BCUT2D eigenvalue weighted by atomic mass is 10.0. The maximum absolute atomic E-state index is 12.9. The van der Waals surface area contributed by atoms with Crippen LogP contribution in [0.1, 0.15) is 245 Å². The lowest BCUT2D eigenvalue weighted by Crippen LogP contribution is -2.37. The number of unbranched alkanes of at least 4 members (excludes halogenated alkanes) is 13. The SMILES string of the molecule is CC/C=C\C/C=C\C/C=C\C/C=C\C/C=C\C/C=C\C/C=C\C/C=C\C/C=C\C/C=C\C/C=C\C/C=C\CCCCC(=O)OC(COC(=O)CCCCCCCCCCCCC/C=C\C/C=C\C/C=C\C/C=C\C/C=C\C/C=C\C/C=C\CC)COP(=O)([O-])OCC[N+](C)(C)C. The summed E-state index contributed by atoms with van der Waals surface area (Å²) in [4.78, 5) is 38.1. The molecule has 0 aromatic rings. The summed E-state index contributed by atoms with van der Waals surface area (Å²) in [6.07, 6.45) is 118. The largest absolute Gasteiger partial charge is 0.756 e. The zero-order valence-electron chi connectivity index (χ0n) is 61.0. The number of phosphoric ester groups is 1. The minimum atomic E-state index is -4.68. The Bertz CT molecular complexity index is 2480. The van der Waals surface area contributed by atoms with Crippen LogP contribution in [0, 0.1) is 0 Å². The monoisotopic (exact) mass is 1340 g/mol. The number of likely N-dealkylation sites (N-methyl/N-ethyl adjacent to an activating group) is 1. The Morgan fingerprint density at radius 3 is 0.854 bits per heavy atom. The van der Waals surface area contributed by atoms with Gasteiger partial charge in [0.25, 0.3) is 7.82 Å². The molecule has 0 radical (unpaired) electrons. The Morgan fingerprint density at radius 1 is 0.323 bits per heavy atom. The van der Waals surface area contributed by atoms with E-state index in [1.165, 1.54) is 44.9 Å². The number of carbonyl (C=O) groups excluding carboxylic acids is 2. The first kappa shape index (κ1) is 90.1. The van der Waals surface area contributed by atoms with Gasteiger partial charge in [0.2, 0.25) is 0 Å². The fourth-order valence-corrected chi connectivity index (χ4v) is 9.82. The van der Waals surface area contributed by atoms with Crippen molar-refractivity contribution in [1.82, 2.24) is 0 Å². The highest BCUT2D eigenvalue weighted by Crippen LogP contribution is 2.38. The summed E-state index contributed by atoms with van der Waals surface area (Å²) in [5.41, 5.74) is 0. The van der Waals surface area contributed by atoms with Crippen molar-refractivity contribution < 1.29 is 42.1 Å². The van der Waals surface area contributed by atoms with Crippen LogP contribution in [0.2, 0.25) is 0 Å². The topological polar surface area (TPSA) is 111 Å². The fourth-order valence-electron chi connectivity index (χ4n) is 9.09. The number of hydrogen-bond donors (Lipinski definition) is 0. The molecule has 0 rings (SSSR count). The predicted octanol–water partition coefficient (Wildman–Crippen LogP) is 24.3. The number of phosphoric acid groups is 1. The summed E-state index contributed by atoms with van der Waals surface area (Å²) in [5, 5.41) is 0. The van der Waals surface area contributed by atoms with Gasteiger partial charge in [-0.15, -0.1) is 0 Å². The first-order valence-corrected chi connectivity index (χ1v) is 38.6. The first-order valence-electron chi connectivity index (χ1n) is 37.1. The van der Waals surface area contributed by atoms with Crippen molar-refractivity contribution in [2.75, 3.05) is 47.5 Å². The highest BCUT2D eigenvalue weighted by molar-refractivity contribution is 7.45. The van der Waals surface area contributed by atoms with E-state index < -0.39 is 32.5 Å². The number of esters is 2. The molecule has 0 saturated carbocycles. The predicted molar refractivity (Wildman–Crippen MR) is 414 cm³/mol. The lowest BCUT2D eigenvalue weighted by Gasteiger charge is -2.28. The quantitative estimate of drug-likeness (QED) is 0.0195. The highest BCUT2D eigenvalue weighted by atomic mass is 31.2. The molecule has 0 aliphatic rings. The van der Waals surface area contributed by atoms with Crippen molar-refractivity contribution in [2.24, 2.45) is 0 Å². The van der Waals surface area contributed by atoms with Gasteiger partial charge in [0.05, 0.1) is 27.7 Å². The normalized spacial score (nSPS) is 14.4. The van der Waals surface area contributed by atoms with Crippen molar-refractivity contribution in [3.63, 3.8) is 0 Å². The zero-order valence-corrected chi connectivity index (χ0v) is 61.9. The summed E-state index contributed by atoms with van der Waals surface area (Å²) in [6, 6.07) is 0. The van der Waals surface area contributed by atoms with Gasteiger partial charge in [-0.1, -0.05) is 303 Å². The zero-order chi connectivity index (χ0) is 69.7. The van der Waals surface area contributed by atoms with E-state index in [1.54, 1.807) is 0 Å². The van der Waals surface area contributed by atoms with Crippen LogP contribution in [0.4, 0.5) is 0 Å². The Balaban J connectivity index is 4.22. The van der Waals surface area contributed by atoms with Crippen molar-refractivity contribution in [3.05, 3.63) is 231 Å². The van der Waals surface area contributed by atoms with Gasteiger partial charge in [0.15, 0.2) is 6.10 Å². The van der Waals surface area contributed by atoms with Crippen LogP contribution in [0.5, 0.6) is 0 Å². The molecule has 2 atom stereocenters. The van der Waals surface area contributed by atoms with Crippen LogP contribution in [-0.4, -0.2) is 70.0 Å². The second-order valence-corrected chi connectivity index (χ2v) is 26.2. The van der Waals surface area contributed by atoms with Gasteiger partial charge in [-0.3, -0.25) is 14.2 Å². The molecule has 536 valence electrons. The standard InChI is InChI=1S/C86H134NO8P/c1-6-8-10-12-14-16-18-20-22-24-26-28-30-32-34-36-38-40-41-42-43-44-45-47-49-51-53-55-57-59-61-63-65-67-69-71-73-75-77-79-86(89)95-84(83-94-96(90,91)93-81-80-87(3,4)5)82-92-85(88)78-76-74-72-70-68-66-64-62-60-58-56-54-52-50-48-46-39-37-35-33-31-29-27-25-23-21-19-17-15-13-11-9-7-2/h8-11,14-17,20-23,26-29,32-35,38-40,42-43,45-47,50-53,57,59,63,65,69,71,84H,6-7,12-13,18-19,24-25,30-31,36-37,41,44,48-49,54-56,58,60-62,64,66-68,70,72-83H2,1-5H3/b10-8-,11-9-,16-14-,17-15-,22-20-,23-21-,28-26-,29-27-,34-32-,35-33-,40-38-,43-42-,46-39-,47-45-,52-50-,53-51-,59-57-,65-63-,71-69-. The number of ether oxygens (including phenoxy) is 2. The smallest absolute Gasteiger partial charge is 0.306 e. The number of nitrogens with zero attached hydrogens (tertiary/aromatic N) is 1. The van der Waals surface area contributed by atoms with Gasteiger partial charge in [0, 0.05) is 12.8 Å². The van der Waals surface area contributed by atoms with Gasteiger partial charge < -0.3 is 27.9 Å². The fraction of sp³-hybridized carbons (Fsp3) is 0.535. The lowest BCUT2D eigenvalue weighted by molar-refractivity contribution is -0.870. The molecule has 0 N–H and O–H groups in total. The van der Waals surface area contributed by atoms with E-state index in [4.69, 9.17) is 18.5 Å². The number of rotatable bonds is 65. The third kappa shape index (κ3) is 77.1. The number of allylic oxidation sites excluding steroid dienone is 38. The van der Waals surface area contributed by atoms with E-state index >= 15 is 0 Å². The van der Waals surface area contributed by atoms with Gasteiger partial charge in [-0.25, -0.2) is 0 Å². The van der Waals surface area contributed by atoms with E-state index in [-0.39, 0.29) is 26.1 Å². The molecule has 0 heterocycles. The number of carbonyl (C=O) groups is 2. The van der Waals surface area contributed by atoms with Gasteiger partial charge in [-0.05, 0) is 161 Å². The summed E-state index contributed by atoms with van der Waals surface area (Å²) in [5.74, 6) is -0.905. The number of hydrogen-bond acceptors (Lipinski definition) is 8. The average molecular weight is 1340 g/mol. The van der Waals surface area contributed by atoms with E-state index in [0.29, 0.717) is 23.9 Å². The average Bonchev–Trinajstić information content (AvgIpc) is 1.98. The molecular formula is C86H134NO8P. The molecule has 0 saturated heterocycles. The van der Waals surface area contributed by atoms with Gasteiger partial charge in [-0.2, -0.15) is 0 Å². The molecule has 0 aromatic heterocycles. The maximum Gasteiger partial charge on any atom is 0.306 e. The van der Waals surface area contributed by atoms with Crippen LogP contribution in [0.25, 0.3) is 0 Å². The molecule has 9 nitrogen and oxygen atoms in total. The van der Waals surface area contributed by atoms with Gasteiger partial charge >= 0.3 is 11.9 Å². The van der Waals surface area contributed by atoms with Crippen molar-refractivity contribution in [2.45, 2.75) is 251 Å². The van der Waals surface area contributed by atoms with E-state index in [1.807, 2.05) is 21.1 Å². The third-order valence-corrected chi connectivity index (χ3v) is 15.6. The Labute approximate surface area is 588 Å². The van der Waals surface area contributed by atoms with Crippen molar-refractivity contribution in [3.8, 4) is 0 Å². The molecule has 10 heteroatoms. The molecule has 2 unspecified atom stereocenters.